The van der Waals surface area contributed by atoms with Gasteiger partial charge in [0, 0.05) is 9.16 Å². The van der Waals surface area contributed by atoms with E-state index in [2.05, 4.69) is 39.1 Å². The molecule has 1 nitrogen and oxygen atoms in total. The van der Waals surface area contributed by atoms with Crippen LogP contribution in [0.4, 0.5) is 0 Å². The fourth-order valence-corrected chi connectivity index (χ4v) is 3.56. The second kappa shape index (κ2) is 7.63. The lowest BCUT2D eigenvalue weighted by atomic mass is 10.8. The molecular formula is C8H18OS4. The van der Waals surface area contributed by atoms with Crippen LogP contribution in [-0.2, 0) is 4.74 Å². The molecular weight excluding hydrogens is 240 g/mol. The summed E-state index contributed by atoms with van der Waals surface area (Å²) in [5.41, 5.74) is 0.393. The smallest absolute Gasteiger partial charge is 0.102 e. The van der Waals surface area contributed by atoms with Crippen molar-refractivity contribution in [2.24, 2.45) is 0 Å². The molecule has 0 aromatic carbocycles. The fourth-order valence-electron chi connectivity index (χ4n) is 0.889. The van der Waals surface area contributed by atoms with E-state index in [4.69, 9.17) is 4.74 Å². The zero-order valence-corrected chi connectivity index (χ0v) is 11.9. The Morgan fingerprint density at radius 3 is 1.38 bits per heavy atom. The van der Waals surface area contributed by atoms with E-state index in [1.807, 2.05) is 13.8 Å². The van der Waals surface area contributed by atoms with Crippen molar-refractivity contribution in [3.8, 4) is 0 Å². The molecule has 4 unspecified atom stereocenters. The van der Waals surface area contributed by atoms with Gasteiger partial charge < -0.3 is 4.74 Å². The van der Waals surface area contributed by atoms with Crippen molar-refractivity contribution in [3.63, 3.8) is 0 Å². The molecule has 0 amide bonds. The first kappa shape index (κ1) is 14.4. The molecule has 4 atom stereocenters. The van der Waals surface area contributed by atoms with Crippen LogP contribution in [0.25, 0.3) is 0 Å². The van der Waals surface area contributed by atoms with Crippen LogP contribution < -0.4 is 0 Å². The van der Waals surface area contributed by atoms with Crippen LogP contribution in [0.2, 0.25) is 0 Å². The van der Waals surface area contributed by atoms with Crippen molar-refractivity contribution >= 4 is 48.8 Å². The Balaban J connectivity index is 3.58. The summed E-state index contributed by atoms with van der Waals surface area (Å²) in [6.07, 6.45) is 0. The van der Waals surface area contributed by atoms with Gasteiger partial charge in [0.25, 0.3) is 0 Å². The molecule has 0 N–H and O–H groups in total. The minimum atomic E-state index is 0.196. The topological polar surface area (TPSA) is 9.23 Å². The van der Waals surface area contributed by atoms with Gasteiger partial charge in [0.2, 0.25) is 0 Å². The van der Waals surface area contributed by atoms with Crippen LogP contribution in [-0.4, -0.2) is 20.0 Å². The van der Waals surface area contributed by atoms with E-state index in [-0.39, 0.29) is 10.9 Å². The van der Waals surface area contributed by atoms with Crippen molar-refractivity contribution in [1.82, 2.24) is 0 Å². The number of hydrogen-bond donors (Lipinski definition) is 2. The minimum Gasteiger partial charge on any atom is -0.354 e. The summed E-state index contributed by atoms with van der Waals surface area (Å²) in [6.45, 7) is 8.20. The number of rotatable bonds is 6. The van der Waals surface area contributed by atoms with E-state index in [0.29, 0.717) is 9.16 Å². The zero-order valence-electron chi connectivity index (χ0n) is 8.43. The van der Waals surface area contributed by atoms with Crippen LogP contribution in [0.3, 0.4) is 0 Å². The average molecular weight is 258 g/mol. The third-order valence-corrected chi connectivity index (χ3v) is 3.67. The van der Waals surface area contributed by atoms with Gasteiger partial charge in [-0.25, -0.2) is 0 Å². The third-order valence-electron chi connectivity index (χ3n) is 1.16. The fraction of sp³-hybridized carbons (Fsp3) is 1.00. The Morgan fingerprint density at radius 2 is 1.15 bits per heavy atom. The van der Waals surface area contributed by atoms with E-state index in [9.17, 15) is 0 Å². The maximum atomic E-state index is 5.70. The Morgan fingerprint density at radius 1 is 0.846 bits per heavy atom. The van der Waals surface area contributed by atoms with E-state index in [1.165, 1.54) is 0 Å². The highest BCUT2D eigenvalue weighted by molar-refractivity contribution is 8.11. The van der Waals surface area contributed by atoms with Gasteiger partial charge in [-0.15, -0.1) is 23.5 Å². The summed E-state index contributed by atoms with van der Waals surface area (Å²) >= 11 is 12.0. The summed E-state index contributed by atoms with van der Waals surface area (Å²) in [5.74, 6) is 0. The van der Waals surface area contributed by atoms with Gasteiger partial charge in [-0.1, -0.05) is 0 Å². The van der Waals surface area contributed by atoms with E-state index < -0.39 is 0 Å². The van der Waals surface area contributed by atoms with Crippen LogP contribution in [0.5, 0.6) is 0 Å². The van der Waals surface area contributed by atoms with Gasteiger partial charge in [0.15, 0.2) is 0 Å². The molecule has 0 spiro atoms. The van der Waals surface area contributed by atoms with E-state index in [1.54, 1.807) is 23.5 Å². The Kier molecular flexibility index (Phi) is 8.42. The van der Waals surface area contributed by atoms with Gasteiger partial charge >= 0.3 is 0 Å². The highest BCUT2D eigenvalue weighted by Gasteiger charge is 2.12. The van der Waals surface area contributed by atoms with Crippen molar-refractivity contribution in [2.75, 3.05) is 0 Å². The minimum absolute atomic E-state index is 0.196. The maximum absolute atomic E-state index is 5.70. The van der Waals surface area contributed by atoms with Crippen molar-refractivity contribution in [2.45, 2.75) is 47.7 Å². The lowest BCUT2D eigenvalue weighted by Gasteiger charge is -2.20. The summed E-state index contributed by atoms with van der Waals surface area (Å²) < 4.78 is 6.34. The lowest BCUT2D eigenvalue weighted by molar-refractivity contribution is 0.113. The van der Waals surface area contributed by atoms with E-state index >= 15 is 0 Å². The molecule has 0 fully saturated rings. The quantitative estimate of drug-likeness (QED) is 0.555. The molecule has 0 aliphatic rings. The first-order valence-corrected chi connectivity index (χ1v) is 7.16. The summed E-state index contributed by atoms with van der Waals surface area (Å²) in [4.78, 5) is 0. The second-order valence-corrected chi connectivity index (χ2v) is 8.28. The molecule has 80 valence electrons. The molecule has 0 bridgehead atoms. The molecule has 0 radical (unpaired) electrons. The maximum Gasteiger partial charge on any atom is 0.102 e. The van der Waals surface area contributed by atoms with Crippen molar-refractivity contribution in [3.05, 3.63) is 0 Å². The molecule has 0 aromatic heterocycles. The predicted octanol–water partition coefficient (Wildman–Crippen LogP) is 3.71. The number of ether oxygens (including phenoxy) is 1. The Bertz CT molecular complexity index is 115. The van der Waals surface area contributed by atoms with Gasteiger partial charge in [0.05, 0.1) is 0 Å². The lowest BCUT2D eigenvalue weighted by Crippen LogP contribution is -2.14. The van der Waals surface area contributed by atoms with Gasteiger partial charge in [0.1, 0.15) is 10.9 Å². The number of thioether (sulfide) groups is 2. The molecule has 0 aromatic rings. The Hall–Kier alpha value is 1.36. The third kappa shape index (κ3) is 9.66. The summed E-state index contributed by atoms with van der Waals surface area (Å²) in [6, 6.07) is 0. The van der Waals surface area contributed by atoms with Gasteiger partial charge in [-0.05, 0) is 27.7 Å². The van der Waals surface area contributed by atoms with Crippen molar-refractivity contribution in [1.29, 1.82) is 0 Å². The van der Waals surface area contributed by atoms with E-state index in [0.717, 1.165) is 0 Å². The normalized spacial score (nSPS) is 20.8. The second-order valence-electron chi connectivity index (χ2n) is 2.74. The SMILES string of the molecule is CC(S)SC(C)OC(C)SC(C)S. The molecule has 0 rings (SSSR count). The highest BCUT2D eigenvalue weighted by Crippen LogP contribution is 2.27. The Labute approximate surface area is 101 Å². The van der Waals surface area contributed by atoms with Crippen molar-refractivity contribution < 1.29 is 4.74 Å². The predicted molar refractivity (Wildman–Crippen MR) is 72.1 cm³/mol. The van der Waals surface area contributed by atoms with Crippen LogP contribution in [0, 0.1) is 0 Å². The highest BCUT2D eigenvalue weighted by atomic mass is 32.2. The monoisotopic (exact) mass is 258 g/mol. The van der Waals surface area contributed by atoms with Gasteiger partial charge in [-0.2, -0.15) is 25.3 Å². The molecule has 0 aliphatic carbocycles. The molecule has 0 saturated heterocycles. The molecule has 5 heteroatoms. The van der Waals surface area contributed by atoms with Crippen LogP contribution >= 0.6 is 48.8 Å². The molecule has 0 aliphatic heterocycles. The number of hydrogen-bond acceptors (Lipinski definition) is 5. The number of thiol groups is 2. The zero-order chi connectivity index (χ0) is 10.4. The molecule has 0 heterocycles. The standard InChI is InChI=1S/C8H18OS4/c1-5(12-7(3)10)9-6(2)13-8(4)11/h5-8,10-11H,1-4H3. The summed E-state index contributed by atoms with van der Waals surface area (Å²) in [7, 11) is 0. The summed E-state index contributed by atoms with van der Waals surface area (Å²) in [5, 5.41) is 0. The molecule has 13 heavy (non-hydrogen) atoms. The molecule has 0 saturated carbocycles. The largest absolute Gasteiger partial charge is 0.354 e. The first-order valence-electron chi connectivity index (χ1n) is 4.24. The van der Waals surface area contributed by atoms with Gasteiger partial charge in [-0.3, -0.25) is 0 Å². The van der Waals surface area contributed by atoms with Crippen LogP contribution in [0.15, 0.2) is 0 Å². The first-order chi connectivity index (χ1) is 5.91. The average Bonchev–Trinajstić information content (AvgIpc) is 1.80. The van der Waals surface area contributed by atoms with Crippen LogP contribution in [0.1, 0.15) is 27.7 Å².